The second-order valence-corrected chi connectivity index (χ2v) is 7.15. The first-order valence-electron chi connectivity index (χ1n) is 9.33. The fraction of sp³-hybridized carbons (Fsp3) is 0.526. The highest BCUT2D eigenvalue weighted by Gasteiger charge is 2.34. The van der Waals surface area contributed by atoms with E-state index in [4.69, 9.17) is 9.47 Å². The molecule has 6 nitrogen and oxygen atoms in total. The minimum atomic E-state index is -4.37. The normalized spacial score (nSPS) is 23.1. The lowest BCUT2D eigenvalue weighted by molar-refractivity contribution is -0.137. The maximum absolute atomic E-state index is 12.6. The van der Waals surface area contributed by atoms with Gasteiger partial charge in [-0.25, -0.2) is 15.0 Å². The fourth-order valence-electron chi connectivity index (χ4n) is 3.51. The summed E-state index contributed by atoms with van der Waals surface area (Å²) >= 11 is 0. The van der Waals surface area contributed by atoms with E-state index in [1.54, 1.807) is 0 Å². The topological polar surface area (TPSA) is 69.2 Å². The molecule has 0 spiro atoms. The van der Waals surface area contributed by atoms with Crippen LogP contribution in [0.15, 0.2) is 30.9 Å². The van der Waals surface area contributed by atoms with Crippen molar-refractivity contribution in [2.45, 2.75) is 49.9 Å². The smallest absolute Gasteiger partial charge is 0.417 e. The monoisotopic (exact) mass is 394 g/mol. The molecular formula is C19H21F3N4O2. The van der Waals surface area contributed by atoms with Crippen LogP contribution in [0.2, 0.25) is 0 Å². The molecule has 28 heavy (non-hydrogen) atoms. The molecule has 1 aliphatic carbocycles. The van der Waals surface area contributed by atoms with Gasteiger partial charge in [0.25, 0.3) is 0 Å². The third kappa shape index (κ3) is 4.35. The number of pyridine rings is 1. The van der Waals surface area contributed by atoms with Crippen LogP contribution in [0.3, 0.4) is 0 Å². The maximum atomic E-state index is 12.6. The van der Waals surface area contributed by atoms with Gasteiger partial charge in [-0.3, -0.25) is 0 Å². The molecule has 2 aromatic heterocycles. The molecule has 1 aliphatic heterocycles. The Bertz CT molecular complexity index is 789. The Kier molecular flexibility index (Phi) is 5.34. The molecule has 0 aromatic carbocycles. The predicted molar refractivity (Wildman–Crippen MR) is 95.1 cm³/mol. The van der Waals surface area contributed by atoms with Gasteiger partial charge in [0.15, 0.2) is 0 Å². The van der Waals surface area contributed by atoms with Crippen LogP contribution in [-0.4, -0.2) is 40.3 Å². The molecule has 3 heterocycles. The van der Waals surface area contributed by atoms with Crippen LogP contribution < -0.4 is 10.1 Å². The number of rotatable bonds is 5. The molecule has 1 saturated carbocycles. The summed E-state index contributed by atoms with van der Waals surface area (Å²) in [7, 11) is 0. The van der Waals surface area contributed by atoms with Gasteiger partial charge < -0.3 is 14.8 Å². The molecule has 2 aromatic rings. The largest absolute Gasteiger partial charge is 0.474 e. The van der Waals surface area contributed by atoms with Crippen LogP contribution in [0.4, 0.5) is 19.0 Å². The average molecular weight is 394 g/mol. The summed E-state index contributed by atoms with van der Waals surface area (Å²) in [6, 6.07) is 2.50. The molecule has 0 bridgehead atoms. The van der Waals surface area contributed by atoms with Crippen molar-refractivity contribution in [3.05, 3.63) is 42.0 Å². The van der Waals surface area contributed by atoms with E-state index in [-0.39, 0.29) is 12.1 Å². The Morgan fingerprint density at radius 1 is 1.07 bits per heavy atom. The third-order valence-corrected chi connectivity index (χ3v) is 5.18. The molecule has 9 heteroatoms. The van der Waals surface area contributed by atoms with Gasteiger partial charge in [-0.2, -0.15) is 13.2 Å². The number of nitrogens with zero attached hydrogens (tertiary/aromatic N) is 3. The van der Waals surface area contributed by atoms with Crippen molar-refractivity contribution in [2.75, 3.05) is 18.5 Å². The van der Waals surface area contributed by atoms with E-state index in [1.165, 1.54) is 12.4 Å². The van der Waals surface area contributed by atoms with Gasteiger partial charge in [0.1, 0.15) is 18.2 Å². The first-order chi connectivity index (χ1) is 13.5. The summed E-state index contributed by atoms with van der Waals surface area (Å²) in [5.41, 5.74) is 0.267. The number of hydrogen-bond acceptors (Lipinski definition) is 6. The van der Waals surface area contributed by atoms with E-state index in [0.717, 1.165) is 56.7 Å². The number of nitrogens with one attached hydrogen (secondary N) is 1. The Morgan fingerprint density at radius 2 is 1.86 bits per heavy atom. The van der Waals surface area contributed by atoms with Crippen LogP contribution in [0, 0.1) is 0 Å². The predicted octanol–water partition coefficient (Wildman–Crippen LogP) is 3.81. The van der Waals surface area contributed by atoms with Crippen LogP contribution in [0.5, 0.6) is 5.88 Å². The zero-order valence-corrected chi connectivity index (χ0v) is 15.2. The van der Waals surface area contributed by atoms with E-state index >= 15 is 0 Å². The SMILES string of the molecule is FC(F)(F)c1ccc(N[C@H]2C[C@@H](Oc3ncncc3C3CCOCC3)C2)nc1. The van der Waals surface area contributed by atoms with E-state index in [0.29, 0.717) is 17.6 Å². The lowest BCUT2D eigenvalue weighted by Gasteiger charge is -2.36. The number of hydrogen-bond donors (Lipinski definition) is 1. The van der Waals surface area contributed by atoms with Gasteiger partial charge >= 0.3 is 6.18 Å². The first-order valence-corrected chi connectivity index (χ1v) is 9.33. The van der Waals surface area contributed by atoms with Crippen molar-refractivity contribution >= 4 is 5.82 Å². The Hall–Kier alpha value is -2.42. The summed E-state index contributed by atoms with van der Waals surface area (Å²) in [5.74, 6) is 1.40. The zero-order valence-electron chi connectivity index (χ0n) is 15.2. The molecule has 0 amide bonds. The number of halogens is 3. The van der Waals surface area contributed by atoms with Crippen molar-refractivity contribution in [3.8, 4) is 5.88 Å². The van der Waals surface area contributed by atoms with Crippen molar-refractivity contribution in [1.82, 2.24) is 15.0 Å². The second kappa shape index (κ2) is 7.90. The molecule has 0 atom stereocenters. The lowest BCUT2D eigenvalue weighted by Crippen LogP contribution is -2.43. The minimum absolute atomic E-state index is 0.0143. The van der Waals surface area contributed by atoms with Gasteiger partial charge in [-0.15, -0.1) is 0 Å². The highest BCUT2D eigenvalue weighted by Crippen LogP contribution is 2.35. The highest BCUT2D eigenvalue weighted by molar-refractivity contribution is 5.38. The molecule has 2 aliphatic rings. The van der Waals surface area contributed by atoms with Gasteiger partial charge in [0.05, 0.1) is 5.56 Å². The van der Waals surface area contributed by atoms with Crippen molar-refractivity contribution < 1.29 is 22.6 Å². The molecule has 0 unspecified atom stereocenters. The maximum Gasteiger partial charge on any atom is 0.417 e. The molecule has 4 rings (SSSR count). The number of anilines is 1. The Morgan fingerprint density at radius 3 is 2.54 bits per heavy atom. The standard InChI is InChI=1S/C19H21F3N4O2/c20-19(21,22)13-1-2-17(24-9-13)26-14-7-15(8-14)28-18-16(10-23-11-25-18)12-3-5-27-6-4-12/h1-2,9-12,14-15H,3-8H2,(H,24,26)/t14-,15+. The third-order valence-electron chi connectivity index (χ3n) is 5.18. The fourth-order valence-corrected chi connectivity index (χ4v) is 3.51. The van der Waals surface area contributed by atoms with Gasteiger partial charge in [0, 0.05) is 50.1 Å². The van der Waals surface area contributed by atoms with Crippen LogP contribution in [0.25, 0.3) is 0 Å². The van der Waals surface area contributed by atoms with Crippen LogP contribution in [-0.2, 0) is 10.9 Å². The molecule has 150 valence electrons. The van der Waals surface area contributed by atoms with Gasteiger partial charge in [-0.1, -0.05) is 0 Å². The van der Waals surface area contributed by atoms with Crippen LogP contribution >= 0.6 is 0 Å². The highest BCUT2D eigenvalue weighted by atomic mass is 19.4. The second-order valence-electron chi connectivity index (χ2n) is 7.15. The van der Waals surface area contributed by atoms with E-state index in [2.05, 4.69) is 20.3 Å². The van der Waals surface area contributed by atoms with E-state index < -0.39 is 11.7 Å². The minimum Gasteiger partial charge on any atom is -0.474 e. The van der Waals surface area contributed by atoms with Gasteiger partial charge in [0.2, 0.25) is 5.88 Å². The summed E-state index contributed by atoms with van der Waals surface area (Å²) in [5, 5.41) is 3.14. The van der Waals surface area contributed by atoms with Crippen molar-refractivity contribution in [2.24, 2.45) is 0 Å². The first kappa shape index (κ1) is 18.9. The summed E-state index contributed by atoms with van der Waals surface area (Å²) in [6.45, 7) is 1.46. The number of alkyl halides is 3. The van der Waals surface area contributed by atoms with Crippen molar-refractivity contribution in [3.63, 3.8) is 0 Å². The summed E-state index contributed by atoms with van der Waals surface area (Å²) in [6.07, 6.45) is 3.12. The Balaban J connectivity index is 1.30. The number of aromatic nitrogens is 3. The quantitative estimate of drug-likeness (QED) is 0.832. The van der Waals surface area contributed by atoms with Crippen molar-refractivity contribution in [1.29, 1.82) is 0 Å². The van der Waals surface area contributed by atoms with Crippen LogP contribution in [0.1, 0.15) is 42.7 Å². The molecule has 0 radical (unpaired) electrons. The average Bonchev–Trinajstić information content (AvgIpc) is 2.67. The zero-order chi connectivity index (χ0) is 19.6. The van der Waals surface area contributed by atoms with Gasteiger partial charge in [-0.05, 0) is 30.9 Å². The summed E-state index contributed by atoms with van der Waals surface area (Å²) < 4.78 is 49.2. The van der Waals surface area contributed by atoms with E-state index in [9.17, 15) is 13.2 Å². The molecular weight excluding hydrogens is 373 g/mol. The molecule has 2 fully saturated rings. The molecule has 1 N–H and O–H groups in total. The Labute approximate surface area is 160 Å². The number of ether oxygens (including phenoxy) is 2. The van der Waals surface area contributed by atoms with E-state index in [1.807, 2.05) is 6.20 Å². The molecule has 1 saturated heterocycles. The lowest BCUT2D eigenvalue weighted by atomic mass is 9.89. The summed E-state index contributed by atoms with van der Waals surface area (Å²) in [4.78, 5) is 12.3.